The van der Waals surface area contributed by atoms with Gasteiger partial charge in [-0.05, 0) is 80.8 Å². The maximum Gasteiger partial charge on any atom is 0.410 e. The molecule has 0 bridgehead atoms. The van der Waals surface area contributed by atoms with E-state index in [0.29, 0.717) is 36.8 Å². The van der Waals surface area contributed by atoms with Gasteiger partial charge in [-0.3, -0.25) is 4.68 Å². The average molecular weight is 660 g/mol. The van der Waals surface area contributed by atoms with Gasteiger partial charge in [-0.15, -0.1) is 0 Å². The molecule has 7 rings (SSSR count). The minimum atomic E-state index is -0.463. The van der Waals surface area contributed by atoms with E-state index in [1.54, 1.807) is 0 Å². The highest BCUT2D eigenvalue weighted by Crippen LogP contribution is 2.39. The van der Waals surface area contributed by atoms with Gasteiger partial charge in [-0.1, -0.05) is 60.7 Å². The van der Waals surface area contributed by atoms with E-state index in [-0.39, 0.29) is 6.09 Å². The van der Waals surface area contributed by atoms with Crippen molar-refractivity contribution in [2.75, 3.05) is 31.1 Å². The van der Waals surface area contributed by atoms with Gasteiger partial charge in [-0.2, -0.15) is 10.1 Å². The quantitative estimate of drug-likeness (QED) is 0.159. The first kappa shape index (κ1) is 32.5. The molecule has 0 atom stereocenters. The van der Waals surface area contributed by atoms with Gasteiger partial charge in [0.15, 0.2) is 0 Å². The van der Waals surface area contributed by atoms with E-state index >= 15 is 0 Å². The first-order chi connectivity index (χ1) is 23.7. The van der Waals surface area contributed by atoms with E-state index in [2.05, 4.69) is 23.1 Å². The van der Waals surface area contributed by atoms with Crippen LogP contribution in [0.2, 0.25) is 0 Å². The van der Waals surface area contributed by atoms with Crippen LogP contribution >= 0.6 is 0 Å². The molecule has 0 aliphatic carbocycles. The van der Waals surface area contributed by atoms with Crippen molar-refractivity contribution in [3.05, 3.63) is 102 Å². The number of pyridine rings is 1. The van der Waals surface area contributed by atoms with Crippen LogP contribution in [0.3, 0.4) is 0 Å². The summed E-state index contributed by atoms with van der Waals surface area (Å²) in [6.45, 7) is 10.1. The van der Waals surface area contributed by atoms with Crippen molar-refractivity contribution in [3.63, 3.8) is 0 Å². The predicted molar refractivity (Wildman–Crippen MR) is 192 cm³/mol. The van der Waals surface area contributed by atoms with E-state index in [1.165, 1.54) is 5.69 Å². The van der Waals surface area contributed by atoms with Crippen LogP contribution in [0.25, 0.3) is 22.2 Å². The van der Waals surface area contributed by atoms with Crippen molar-refractivity contribution in [1.29, 1.82) is 0 Å². The highest BCUT2D eigenvalue weighted by Gasteiger charge is 2.37. The molecule has 254 valence electrons. The van der Waals surface area contributed by atoms with Crippen molar-refractivity contribution in [2.24, 2.45) is 18.9 Å². The van der Waals surface area contributed by atoms with Crippen molar-refractivity contribution in [2.45, 2.75) is 52.4 Å². The lowest BCUT2D eigenvalue weighted by Crippen LogP contribution is -2.53. The zero-order valence-electron chi connectivity index (χ0n) is 28.8. The Balaban J connectivity index is 1.05. The van der Waals surface area contributed by atoms with E-state index in [1.807, 2.05) is 110 Å². The highest BCUT2D eigenvalue weighted by atomic mass is 16.6. The smallest absolute Gasteiger partial charge is 0.410 e. The van der Waals surface area contributed by atoms with Gasteiger partial charge in [0, 0.05) is 50.4 Å². The molecule has 0 saturated carbocycles. The number of likely N-dealkylation sites (tertiary alicyclic amines) is 1. The molecule has 0 spiro atoms. The number of ether oxygens (including phenoxy) is 3. The molecule has 2 aliphatic heterocycles. The Labute approximate surface area is 288 Å². The second kappa shape index (κ2) is 13.8. The zero-order valence-corrected chi connectivity index (χ0v) is 28.8. The lowest BCUT2D eigenvalue weighted by Gasteiger charge is -2.47. The van der Waals surface area contributed by atoms with Crippen molar-refractivity contribution >= 4 is 22.7 Å². The summed E-state index contributed by atoms with van der Waals surface area (Å²) in [6, 6.07) is 30.6. The van der Waals surface area contributed by atoms with Crippen LogP contribution in [0.15, 0.2) is 91.0 Å². The third-order valence-corrected chi connectivity index (χ3v) is 9.51. The molecule has 9 nitrogen and oxygen atoms in total. The second-order valence-corrected chi connectivity index (χ2v) is 14.2. The van der Waals surface area contributed by atoms with Crippen LogP contribution in [0.5, 0.6) is 11.8 Å². The molecule has 49 heavy (non-hydrogen) atoms. The topological polar surface area (TPSA) is 82.0 Å². The summed E-state index contributed by atoms with van der Waals surface area (Å²) in [5.41, 5.74) is 5.57. The number of benzene rings is 3. The number of fused-ring (bicyclic) bond motifs is 1. The Morgan fingerprint density at radius 3 is 2.12 bits per heavy atom. The minimum absolute atomic E-state index is 0.192. The highest BCUT2D eigenvalue weighted by molar-refractivity contribution is 5.96. The number of aryl methyl sites for hydroxylation is 1. The number of hydrogen-bond donors (Lipinski definition) is 0. The summed E-state index contributed by atoms with van der Waals surface area (Å²) in [6.07, 6.45) is 1.87. The number of aromatic nitrogens is 3. The summed E-state index contributed by atoms with van der Waals surface area (Å²) in [5, 5.41) is 6.01. The molecule has 5 aromatic rings. The first-order valence-electron chi connectivity index (χ1n) is 17.2. The van der Waals surface area contributed by atoms with Crippen LogP contribution in [0.4, 0.5) is 10.5 Å². The molecule has 2 saturated heterocycles. The molecule has 1 amide bonds. The molecule has 2 fully saturated rings. The molecular weight excluding hydrogens is 614 g/mol. The Kier molecular flexibility index (Phi) is 9.17. The number of anilines is 1. The molecule has 4 heterocycles. The second-order valence-electron chi connectivity index (χ2n) is 14.2. The third-order valence-electron chi connectivity index (χ3n) is 9.51. The Morgan fingerprint density at radius 1 is 0.816 bits per heavy atom. The van der Waals surface area contributed by atoms with Crippen LogP contribution in [0.1, 0.15) is 44.7 Å². The zero-order chi connectivity index (χ0) is 34.0. The van der Waals surface area contributed by atoms with Crippen molar-refractivity contribution < 1.29 is 19.0 Å². The van der Waals surface area contributed by atoms with Gasteiger partial charge < -0.3 is 24.0 Å². The van der Waals surface area contributed by atoms with Gasteiger partial charge in [-0.25, -0.2) is 4.79 Å². The van der Waals surface area contributed by atoms with E-state index in [9.17, 15) is 4.79 Å². The summed E-state index contributed by atoms with van der Waals surface area (Å²) < 4.78 is 19.9. The number of carbonyl (C=O) groups excluding carboxylic acids is 1. The number of rotatable bonds is 9. The number of nitrogens with zero attached hydrogens (tertiary/aromatic N) is 5. The molecule has 9 heteroatoms. The molecule has 2 aromatic heterocycles. The van der Waals surface area contributed by atoms with Gasteiger partial charge in [0.05, 0.1) is 11.1 Å². The SMILES string of the molecule is Cn1nc(-c2ccc(OCc3ccccc3)nc2OCc2ccccc2)c2ccc(N3CC(C4CCN(C(=O)OC(C)(C)C)CC4)C3)cc21. The molecule has 3 aromatic carbocycles. The standard InChI is InChI=1S/C40H45N5O4/c1-40(2,3)49-39(46)44-21-19-30(20-22-44)31-24-45(25-31)32-15-16-33-35(23-32)43(4)42-37(33)34-17-18-36(47-26-28-11-7-5-8-12-28)41-38(34)48-27-29-13-9-6-10-14-29/h5-18,23,30-31H,19-22,24-27H2,1-4H3. The normalized spacial score (nSPS) is 15.7. The fourth-order valence-corrected chi connectivity index (χ4v) is 6.79. The molecule has 0 unspecified atom stereocenters. The largest absolute Gasteiger partial charge is 0.473 e. The van der Waals surface area contributed by atoms with Crippen LogP contribution in [0, 0.1) is 11.8 Å². The van der Waals surface area contributed by atoms with Crippen LogP contribution < -0.4 is 14.4 Å². The average Bonchev–Trinajstić information content (AvgIpc) is 3.41. The number of hydrogen-bond acceptors (Lipinski definition) is 7. The predicted octanol–water partition coefficient (Wildman–Crippen LogP) is 7.88. The van der Waals surface area contributed by atoms with Gasteiger partial charge >= 0.3 is 6.09 Å². The van der Waals surface area contributed by atoms with Crippen molar-refractivity contribution in [1.82, 2.24) is 19.7 Å². The molecular formula is C40H45N5O4. The lowest BCUT2D eigenvalue weighted by molar-refractivity contribution is 0.0151. The van der Waals surface area contributed by atoms with Crippen molar-refractivity contribution in [3.8, 4) is 23.0 Å². The molecule has 2 aliphatic rings. The number of carbonyl (C=O) groups is 1. The third kappa shape index (κ3) is 7.51. The van der Waals surface area contributed by atoms with Gasteiger partial charge in [0.25, 0.3) is 0 Å². The van der Waals surface area contributed by atoms with E-state index in [0.717, 1.165) is 72.3 Å². The van der Waals surface area contributed by atoms with Gasteiger partial charge in [0.1, 0.15) is 24.5 Å². The fourth-order valence-electron chi connectivity index (χ4n) is 6.79. The van der Waals surface area contributed by atoms with Crippen LogP contribution in [-0.2, 0) is 25.0 Å². The monoisotopic (exact) mass is 659 g/mol. The summed E-state index contributed by atoms with van der Waals surface area (Å²) in [7, 11) is 1.99. The summed E-state index contributed by atoms with van der Waals surface area (Å²) >= 11 is 0. The number of piperidine rings is 1. The molecule has 0 radical (unpaired) electrons. The first-order valence-corrected chi connectivity index (χ1v) is 17.2. The Morgan fingerprint density at radius 2 is 1.47 bits per heavy atom. The summed E-state index contributed by atoms with van der Waals surface area (Å²) in [4.78, 5) is 21.6. The van der Waals surface area contributed by atoms with E-state index < -0.39 is 5.60 Å². The fraction of sp³-hybridized carbons (Fsp3) is 0.375. The summed E-state index contributed by atoms with van der Waals surface area (Å²) in [5.74, 6) is 2.25. The molecule has 0 N–H and O–H groups in total. The Hall–Kier alpha value is -5.05. The minimum Gasteiger partial charge on any atom is -0.473 e. The Bertz CT molecular complexity index is 1890. The number of amides is 1. The van der Waals surface area contributed by atoms with E-state index in [4.69, 9.17) is 24.3 Å². The van der Waals surface area contributed by atoms with Gasteiger partial charge in [0.2, 0.25) is 11.8 Å². The van der Waals surface area contributed by atoms with Crippen LogP contribution in [-0.4, -0.2) is 57.5 Å². The maximum absolute atomic E-state index is 12.5. The lowest BCUT2D eigenvalue weighted by atomic mass is 9.79. The maximum atomic E-state index is 12.5.